The van der Waals surface area contributed by atoms with Crippen LogP contribution >= 0.6 is 11.3 Å². The molecule has 0 aliphatic heterocycles. The number of aliphatic carboxylic acids is 1. The van der Waals surface area contributed by atoms with Gasteiger partial charge in [0.25, 0.3) is 0 Å². The molecule has 0 aliphatic rings. The van der Waals surface area contributed by atoms with Crippen molar-refractivity contribution in [3.8, 4) is 0 Å². The number of carboxylic acids is 1. The van der Waals surface area contributed by atoms with Gasteiger partial charge in [0, 0.05) is 16.2 Å². The molecule has 0 saturated heterocycles. The monoisotopic (exact) mass is 212 g/mol. The summed E-state index contributed by atoms with van der Waals surface area (Å²) < 4.78 is 0. The molecule has 0 radical (unpaired) electrons. The molecule has 0 fully saturated rings. The molecule has 1 N–H and O–H groups in total. The second-order valence-electron chi connectivity index (χ2n) is 3.49. The van der Waals surface area contributed by atoms with Crippen molar-refractivity contribution in [2.75, 3.05) is 0 Å². The van der Waals surface area contributed by atoms with Gasteiger partial charge in [-0.15, -0.1) is 11.3 Å². The second kappa shape index (κ2) is 5.15. The summed E-state index contributed by atoms with van der Waals surface area (Å²) >= 11 is 1.80. The zero-order chi connectivity index (χ0) is 10.6. The van der Waals surface area contributed by atoms with E-state index in [1.165, 1.54) is 9.75 Å². The molecule has 1 rings (SSSR count). The van der Waals surface area contributed by atoms with E-state index in [0.717, 1.165) is 12.8 Å². The van der Waals surface area contributed by atoms with Crippen molar-refractivity contribution >= 4 is 17.3 Å². The molecule has 0 aliphatic carbocycles. The highest BCUT2D eigenvalue weighted by Gasteiger charge is 2.09. The van der Waals surface area contributed by atoms with Crippen LogP contribution in [0.5, 0.6) is 0 Å². The second-order valence-corrected chi connectivity index (χ2v) is 4.69. The Kier molecular flexibility index (Phi) is 4.14. The first-order valence-electron chi connectivity index (χ1n) is 4.94. The molecule has 0 saturated carbocycles. The van der Waals surface area contributed by atoms with Crippen molar-refractivity contribution in [3.63, 3.8) is 0 Å². The Morgan fingerprint density at radius 3 is 2.79 bits per heavy atom. The minimum absolute atomic E-state index is 0.264. The number of carbonyl (C=O) groups is 1. The third-order valence-electron chi connectivity index (χ3n) is 2.31. The molecule has 14 heavy (non-hydrogen) atoms. The van der Waals surface area contributed by atoms with E-state index in [4.69, 9.17) is 5.11 Å². The first-order chi connectivity index (χ1) is 6.63. The van der Waals surface area contributed by atoms with Crippen LogP contribution in [0.15, 0.2) is 12.1 Å². The number of hydrogen-bond acceptors (Lipinski definition) is 2. The Balaban J connectivity index is 2.51. The van der Waals surface area contributed by atoms with Crippen LogP contribution in [0.4, 0.5) is 0 Å². The van der Waals surface area contributed by atoms with Gasteiger partial charge in [0.15, 0.2) is 0 Å². The predicted octanol–water partition coefficient (Wildman–Crippen LogP) is 3.28. The summed E-state index contributed by atoms with van der Waals surface area (Å²) in [5.41, 5.74) is 0. The molecule has 0 aromatic carbocycles. The van der Waals surface area contributed by atoms with Gasteiger partial charge in [-0.05, 0) is 30.9 Å². The molecule has 2 nitrogen and oxygen atoms in total. The molecule has 0 bridgehead atoms. The standard InChI is InChI=1S/C11H16O2S/c1-3-9-5-6-10(14-9)8(2)4-7-11(12)13/h5-6,8H,3-4,7H2,1-2H3,(H,12,13). The lowest BCUT2D eigenvalue weighted by Crippen LogP contribution is -1.98. The van der Waals surface area contributed by atoms with Crippen LogP contribution < -0.4 is 0 Å². The lowest BCUT2D eigenvalue weighted by Gasteiger charge is -2.06. The number of thiophene rings is 1. The van der Waals surface area contributed by atoms with E-state index < -0.39 is 5.97 Å². The van der Waals surface area contributed by atoms with Crippen LogP contribution in [0.1, 0.15) is 42.4 Å². The van der Waals surface area contributed by atoms with Gasteiger partial charge in [-0.3, -0.25) is 4.79 Å². The Labute approximate surface area is 88.6 Å². The Hall–Kier alpha value is -0.830. The summed E-state index contributed by atoms with van der Waals surface area (Å²) in [5, 5.41) is 8.56. The molecule has 0 amide bonds. The lowest BCUT2D eigenvalue weighted by molar-refractivity contribution is -0.137. The van der Waals surface area contributed by atoms with Crippen LogP contribution in [-0.4, -0.2) is 11.1 Å². The fraction of sp³-hybridized carbons (Fsp3) is 0.545. The van der Waals surface area contributed by atoms with Crippen LogP contribution in [0.25, 0.3) is 0 Å². The normalized spacial score (nSPS) is 12.7. The molecule has 1 aromatic heterocycles. The molecule has 1 aromatic rings. The van der Waals surface area contributed by atoms with E-state index in [1.807, 2.05) is 0 Å². The van der Waals surface area contributed by atoms with Gasteiger partial charge in [0.05, 0.1) is 0 Å². The average Bonchev–Trinajstić information content (AvgIpc) is 2.62. The van der Waals surface area contributed by atoms with Gasteiger partial charge in [0.2, 0.25) is 0 Å². The molecule has 78 valence electrons. The van der Waals surface area contributed by atoms with E-state index in [9.17, 15) is 4.79 Å². The number of aryl methyl sites for hydroxylation is 1. The summed E-state index contributed by atoms with van der Waals surface area (Å²) in [6.07, 6.45) is 2.07. The van der Waals surface area contributed by atoms with Crippen molar-refractivity contribution in [2.24, 2.45) is 0 Å². The van der Waals surface area contributed by atoms with Crippen molar-refractivity contribution in [1.82, 2.24) is 0 Å². The third-order valence-corrected chi connectivity index (χ3v) is 3.77. The van der Waals surface area contributed by atoms with E-state index in [-0.39, 0.29) is 6.42 Å². The highest BCUT2D eigenvalue weighted by atomic mass is 32.1. The fourth-order valence-corrected chi connectivity index (χ4v) is 2.37. The van der Waals surface area contributed by atoms with Crippen molar-refractivity contribution in [1.29, 1.82) is 0 Å². The summed E-state index contributed by atoms with van der Waals surface area (Å²) in [6, 6.07) is 4.26. The van der Waals surface area contributed by atoms with Crippen LogP contribution in [0.3, 0.4) is 0 Å². The van der Waals surface area contributed by atoms with Gasteiger partial charge in [-0.2, -0.15) is 0 Å². The SMILES string of the molecule is CCc1ccc(C(C)CCC(=O)O)s1. The largest absolute Gasteiger partial charge is 0.481 e. The maximum Gasteiger partial charge on any atom is 0.303 e. The fourth-order valence-electron chi connectivity index (χ4n) is 1.33. The van der Waals surface area contributed by atoms with Crippen molar-refractivity contribution in [2.45, 2.75) is 39.0 Å². The molecule has 3 heteroatoms. The first kappa shape index (κ1) is 11.2. The van der Waals surface area contributed by atoms with Gasteiger partial charge in [0.1, 0.15) is 0 Å². The van der Waals surface area contributed by atoms with Crippen LogP contribution in [0.2, 0.25) is 0 Å². The van der Waals surface area contributed by atoms with E-state index in [0.29, 0.717) is 5.92 Å². The smallest absolute Gasteiger partial charge is 0.303 e. The zero-order valence-corrected chi connectivity index (χ0v) is 9.43. The first-order valence-corrected chi connectivity index (χ1v) is 5.75. The summed E-state index contributed by atoms with van der Waals surface area (Å²) in [7, 11) is 0. The van der Waals surface area contributed by atoms with Gasteiger partial charge >= 0.3 is 5.97 Å². The molecule has 0 spiro atoms. The van der Waals surface area contributed by atoms with Gasteiger partial charge < -0.3 is 5.11 Å². The molecule has 1 unspecified atom stereocenters. The predicted molar refractivity (Wildman–Crippen MR) is 59.0 cm³/mol. The van der Waals surface area contributed by atoms with E-state index in [2.05, 4.69) is 26.0 Å². The minimum Gasteiger partial charge on any atom is -0.481 e. The molecular weight excluding hydrogens is 196 g/mol. The maximum atomic E-state index is 10.4. The molecular formula is C11H16O2S. The number of rotatable bonds is 5. The Morgan fingerprint density at radius 1 is 1.57 bits per heavy atom. The number of hydrogen-bond donors (Lipinski definition) is 1. The number of carboxylic acid groups (broad SMARTS) is 1. The van der Waals surface area contributed by atoms with E-state index >= 15 is 0 Å². The average molecular weight is 212 g/mol. The van der Waals surface area contributed by atoms with Gasteiger partial charge in [-0.1, -0.05) is 13.8 Å². The lowest BCUT2D eigenvalue weighted by atomic mass is 10.0. The highest BCUT2D eigenvalue weighted by Crippen LogP contribution is 2.28. The topological polar surface area (TPSA) is 37.3 Å². The van der Waals surface area contributed by atoms with E-state index in [1.54, 1.807) is 11.3 Å². The summed E-state index contributed by atoms with van der Waals surface area (Å²) in [6.45, 7) is 4.23. The van der Waals surface area contributed by atoms with Crippen molar-refractivity contribution < 1.29 is 9.90 Å². The molecule has 1 heterocycles. The maximum absolute atomic E-state index is 10.4. The minimum atomic E-state index is -0.705. The Bertz CT molecular complexity index is 304. The third kappa shape index (κ3) is 3.14. The van der Waals surface area contributed by atoms with Crippen LogP contribution in [0, 0.1) is 0 Å². The van der Waals surface area contributed by atoms with Crippen LogP contribution in [-0.2, 0) is 11.2 Å². The summed E-state index contributed by atoms with van der Waals surface area (Å²) in [4.78, 5) is 13.1. The Morgan fingerprint density at radius 2 is 2.29 bits per heavy atom. The molecule has 1 atom stereocenters. The van der Waals surface area contributed by atoms with Crippen molar-refractivity contribution in [3.05, 3.63) is 21.9 Å². The highest BCUT2D eigenvalue weighted by molar-refractivity contribution is 7.12. The van der Waals surface area contributed by atoms with Gasteiger partial charge in [-0.25, -0.2) is 0 Å². The summed E-state index contributed by atoms with van der Waals surface area (Å²) in [5.74, 6) is -0.333. The quantitative estimate of drug-likeness (QED) is 0.813. The zero-order valence-electron chi connectivity index (χ0n) is 8.62.